The zero-order valence-corrected chi connectivity index (χ0v) is 18.9. The Balaban J connectivity index is 1.93. The number of nitrogens with one attached hydrogen (secondary N) is 1. The van der Waals surface area contributed by atoms with Crippen LogP contribution in [0.25, 0.3) is 9.75 Å². The third-order valence-corrected chi connectivity index (χ3v) is 9.01. The maximum Gasteiger partial charge on any atom is 0.349 e. The van der Waals surface area contributed by atoms with Crippen LogP contribution in [0.2, 0.25) is 5.02 Å². The molecule has 0 bridgehead atoms. The highest BCUT2D eigenvalue weighted by Crippen LogP contribution is 2.42. The molecule has 0 saturated carbocycles. The molecular formula is C19H15ClN2O5S3. The Hall–Kier alpha value is -2.40. The SMILES string of the molecule is COC(=O)c1sc(-c2cccs2)cc1S(=O)(=O)N1c2cc(Cl)ccc2NC(=O)C1C. The minimum absolute atomic E-state index is 0.0531. The van der Waals surface area contributed by atoms with E-state index in [1.807, 2.05) is 17.5 Å². The summed E-state index contributed by atoms with van der Waals surface area (Å²) in [5.41, 5.74) is 0.550. The highest BCUT2D eigenvalue weighted by molar-refractivity contribution is 7.93. The second kappa shape index (κ2) is 7.69. The third-order valence-electron chi connectivity index (χ3n) is 4.56. The van der Waals surface area contributed by atoms with Crippen LogP contribution in [0.3, 0.4) is 0 Å². The summed E-state index contributed by atoms with van der Waals surface area (Å²) in [6, 6.07) is 8.63. The minimum Gasteiger partial charge on any atom is -0.465 e. The molecule has 4 rings (SSSR count). The minimum atomic E-state index is -4.30. The van der Waals surface area contributed by atoms with Crippen molar-refractivity contribution in [2.45, 2.75) is 17.9 Å². The van der Waals surface area contributed by atoms with E-state index in [1.54, 1.807) is 6.07 Å². The fraction of sp³-hybridized carbons (Fsp3) is 0.158. The Kier molecular flexibility index (Phi) is 5.35. The Morgan fingerprint density at radius 3 is 2.67 bits per heavy atom. The number of esters is 1. The van der Waals surface area contributed by atoms with E-state index in [4.69, 9.17) is 16.3 Å². The lowest BCUT2D eigenvalue weighted by atomic mass is 10.1. The van der Waals surface area contributed by atoms with Gasteiger partial charge in [-0.05, 0) is 42.6 Å². The highest BCUT2D eigenvalue weighted by Gasteiger charge is 2.41. The van der Waals surface area contributed by atoms with E-state index in [1.165, 1.54) is 43.6 Å². The number of hydrogen-bond donors (Lipinski definition) is 1. The van der Waals surface area contributed by atoms with Crippen LogP contribution < -0.4 is 9.62 Å². The molecule has 0 aliphatic carbocycles. The fourth-order valence-corrected chi connectivity index (χ4v) is 7.33. The second-order valence-electron chi connectivity index (χ2n) is 6.40. The van der Waals surface area contributed by atoms with E-state index in [2.05, 4.69) is 5.32 Å². The third kappa shape index (κ3) is 3.39. The van der Waals surface area contributed by atoms with Gasteiger partial charge in [0.15, 0.2) is 0 Å². The van der Waals surface area contributed by atoms with Gasteiger partial charge >= 0.3 is 5.97 Å². The lowest BCUT2D eigenvalue weighted by Gasteiger charge is -2.35. The molecular weight excluding hydrogens is 468 g/mol. The maximum atomic E-state index is 13.7. The van der Waals surface area contributed by atoms with Crippen LogP contribution in [0, 0.1) is 0 Å². The van der Waals surface area contributed by atoms with Crippen molar-refractivity contribution in [1.29, 1.82) is 0 Å². The Morgan fingerprint density at radius 2 is 2.00 bits per heavy atom. The van der Waals surface area contributed by atoms with E-state index < -0.39 is 27.9 Å². The summed E-state index contributed by atoms with van der Waals surface area (Å²) in [4.78, 5) is 26.0. The average Bonchev–Trinajstić information content (AvgIpc) is 3.38. The highest BCUT2D eigenvalue weighted by atomic mass is 35.5. The first kappa shape index (κ1) is 20.9. The molecule has 1 amide bonds. The van der Waals surface area contributed by atoms with Crippen LogP contribution in [0.4, 0.5) is 11.4 Å². The van der Waals surface area contributed by atoms with E-state index in [9.17, 15) is 18.0 Å². The topological polar surface area (TPSA) is 92.8 Å². The largest absolute Gasteiger partial charge is 0.465 e. The monoisotopic (exact) mass is 482 g/mol. The summed E-state index contributed by atoms with van der Waals surface area (Å²) in [5.74, 6) is -1.25. The molecule has 1 aliphatic rings. The normalized spacial score (nSPS) is 16.2. The first-order valence-electron chi connectivity index (χ1n) is 8.65. The van der Waals surface area contributed by atoms with Crippen LogP contribution >= 0.6 is 34.3 Å². The summed E-state index contributed by atoms with van der Waals surface area (Å²) in [6.45, 7) is 1.47. The number of hydrogen-bond acceptors (Lipinski definition) is 7. The number of sulfonamides is 1. The van der Waals surface area contributed by atoms with Gasteiger partial charge in [-0.1, -0.05) is 17.7 Å². The van der Waals surface area contributed by atoms with Crippen molar-refractivity contribution in [3.63, 3.8) is 0 Å². The number of rotatable bonds is 4. The molecule has 156 valence electrons. The van der Waals surface area contributed by atoms with E-state index in [0.717, 1.165) is 20.5 Å². The molecule has 1 N–H and O–H groups in total. The van der Waals surface area contributed by atoms with Crippen LogP contribution in [-0.4, -0.2) is 33.4 Å². The van der Waals surface area contributed by atoms with Gasteiger partial charge in [-0.3, -0.25) is 9.10 Å². The van der Waals surface area contributed by atoms with Gasteiger partial charge in [0.1, 0.15) is 15.8 Å². The lowest BCUT2D eigenvalue weighted by molar-refractivity contribution is -0.117. The Bertz CT molecular complexity index is 1250. The van der Waals surface area contributed by atoms with Gasteiger partial charge in [0.05, 0.1) is 18.5 Å². The smallest absolute Gasteiger partial charge is 0.349 e. The summed E-state index contributed by atoms with van der Waals surface area (Å²) in [5, 5.41) is 4.85. The lowest BCUT2D eigenvalue weighted by Crippen LogP contribution is -2.49. The number of nitrogens with zero attached hydrogens (tertiary/aromatic N) is 1. The molecule has 1 aliphatic heterocycles. The van der Waals surface area contributed by atoms with Gasteiger partial charge in [0.2, 0.25) is 5.91 Å². The second-order valence-corrected chi connectivity index (χ2v) is 10.6. The predicted molar refractivity (Wildman–Crippen MR) is 118 cm³/mol. The number of halogens is 1. The number of anilines is 2. The maximum absolute atomic E-state index is 13.7. The van der Waals surface area contributed by atoms with Crippen LogP contribution in [-0.2, 0) is 19.6 Å². The Labute approximate surface area is 185 Å². The molecule has 1 unspecified atom stereocenters. The Morgan fingerprint density at radius 1 is 1.23 bits per heavy atom. The molecule has 7 nitrogen and oxygen atoms in total. The average molecular weight is 483 g/mol. The molecule has 1 atom stereocenters. The number of thiophene rings is 2. The quantitative estimate of drug-likeness (QED) is 0.554. The van der Waals surface area contributed by atoms with Crippen molar-refractivity contribution >= 4 is 67.5 Å². The van der Waals surface area contributed by atoms with Gasteiger partial charge in [-0.15, -0.1) is 22.7 Å². The van der Waals surface area contributed by atoms with E-state index in [0.29, 0.717) is 15.6 Å². The summed E-state index contributed by atoms with van der Waals surface area (Å²) >= 11 is 8.55. The van der Waals surface area contributed by atoms with Gasteiger partial charge in [0.25, 0.3) is 10.0 Å². The summed E-state index contributed by atoms with van der Waals surface area (Å²) < 4.78 is 33.3. The molecule has 3 aromatic rings. The van der Waals surface area contributed by atoms with Crippen LogP contribution in [0.1, 0.15) is 16.6 Å². The van der Waals surface area contributed by atoms with Crippen molar-refractivity contribution < 1.29 is 22.7 Å². The molecule has 3 heterocycles. The standard InChI is InChI=1S/C19H15ClN2O5S3/c1-10-18(23)21-12-6-5-11(20)8-13(12)22(10)30(25,26)16-9-15(14-4-3-7-28-14)29-17(16)19(24)27-2/h3-10H,1-2H3,(H,21,23). The fourth-order valence-electron chi connectivity index (χ4n) is 3.13. The predicted octanol–water partition coefficient (Wildman–Crippen LogP) is 4.45. The van der Waals surface area contributed by atoms with Crippen LogP contribution in [0.15, 0.2) is 46.7 Å². The van der Waals surface area contributed by atoms with Crippen molar-refractivity contribution in [2.75, 3.05) is 16.7 Å². The molecule has 0 saturated heterocycles. The first-order valence-corrected chi connectivity index (χ1v) is 12.2. The number of carbonyl (C=O) groups is 2. The molecule has 0 fully saturated rings. The number of amides is 1. The van der Waals surface area contributed by atoms with Gasteiger partial charge < -0.3 is 10.1 Å². The molecule has 0 spiro atoms. The van der Waals surface area contributed by atoms with Crippen molar-refractivity contribution in [2.24, 2.45) is 0 Å². The molecule has 30 heavy (non-hydrogen) atoms. The zero-order valence-electron chi connectivity index (χ0n) is 15.7. The molecule has 1 aromatic carbocycles. The number of ether oxygens (including phenoxy) is 1. The van der Waals surface area contributed by atoms with E-state index in [-0.39, 0.29) is 15.5 Å². The molecule has 0 radical (unpaired) electrons. The number of carbonyl (C=O) groups excluding carboxylic acids is 2. The van der Waals surface area contributed by atoms with Gasteiger partial charge in [-0.25, -0.2) is 13.2 Å². The summed E-state index contributed by atoms with van der Waals surface area (Å²) in [7, 11) is -3.11. The van der Waals surface area contributed by atoms with Gasteiger partial charge in [0, 0.05) is 14.8 Å². The van der Waals surface area contributed by atoms with Gasteiger partial charge in [-0.2, -0.15) is 0 Å². The number of benzene rings is 1. The molecule has 11 heteroatoms. The number of fused-ring (bicyclic) bond motifs is 1. The number of methoxy groups -OCH3 is 1. The van der Waals surface area contributed by atoms with Crippen molar-refractivity contribution in [1.82, 2.24) is 0 Å². The molecule has 2 aromatic heterocycles. The zero-order chi connectivity index (χ0) is 21.6. The van der Waals surface area contributed by atoms with E-state index >= 15 is 0 Å². The summed E-state index contributed by atoms with van der Waals surface area (Å²) in [6.07, 6.45) is 0. The van der Waals surface area contributed by atoms with Crippen molar-refractivity contribution in [3.05, 3.63) is 51.7 Å². The first-order chi connectivity index (χ1) is 14.2. The van der Waals surface area contributed by atoms with Crippen LogP contribution in [0.5, 0.6) is 0 Å². The van der Waals surface area contributed by atoms with Crippen molar-refractivity contribution in [3.8, 4) is 9.75 Å².